The Morgan fingerprint density at radius 3 is 2.65 bits per heavy atom. The number of aromatic amines is 1. The number of hydrogen-bond donors (Lipinski definition) is 1. The van der Waals surface area contributed by atoms with Crippen LogP contribution in [0.15, 0.2) is 53.6 Å². The Morgan fingerprint density at radius 1 is 1.12 bits per heavy atom. The first-order valence-electron chi connectivity index (χ1n) is 5.20. The zero-order valence-corrected chi connectivity index (χ0v) is 11.0. The summed E-state index contributed by atoms with van der Waals surface area (Å²) < 4.78 is 2.92. The highest BCUT2D eigenvalue weighted by Crippen LogP contribution is 2.16. The quantitative estimate of drug-likeness (QED) is 0.682. The van der Waals surface area contributed by atoms with Crippen molar-refractivity contribution in [1.82, 2.24) is 9.38 Å². The van der Waals surface area contributed by atoms with Crippen molar-refractivity contribution in [2.75, 3.05) is 0 Å². The van der Waals surface area contributed by atoms with E-state index in [4.69, 9.17) is 0 Å². The van der Waals surface area contributed by atoms with E-state index in [0.29, 0.717) is 5.52 Å². The van der Waals surface area contributed by atoms with Crippen molar-refractivity contribution in [2.45, 2.75) is 0 Å². The summed E-state index contributed by atoms with van der Waals surface area (Å²) in [4.78, 5) is 14.8. The fourth-order valence-corrected chi connectivity index (χ4v) is 2.45. The zero-order valence-electron chi connectivity index (χ0n) is 8.85. The molecule has 0 unspecified atom stereocenters. The van der Waals surface area contributed by atoms with Crippen molar-refractivity contribution in [3.8, 4) is 11.3 Å². The second-order valence-electron chi connectivity index (χ2n) is 3.81. The maximum Gasteiger partial charge on any atom is 0.272 e. The molecule has 0 spiro atoms. The van der Waals surface area contributed by atoms with E-state index in [9.17, 15) is 4.79 Å². The molecule has 17 heavy (non-hydrogen) atoms. The van der Waals surface area contributed by atoms with Crippen LogP contribution in [0.5, 0.6) is 0 Å². The number of nitrogens with one attached hydrogen (secondary N) is 1. The average molecular weight is 336 g/mol. The van der Waals surface area contributed by atoms with Crippen LogP contribution in [0.1, 0.15) is 0 Å². The van der Waals surface area contributed by atoms with Gasteiger partial charge >= 0.3 is 0 Å². The fraction of sp³-hybridized carbons (Fsp3) is 0. The molecule has 84 valence electrons. The predicted molar refractivity (Wildman–Crippen MR) is 76.2 cm³/mol. The molecule has 0 bridgehead atoms. The van der Waals surface area contributed by atoms with E-state index in [0.717, 1.165) is 14.8 Å². The second-order valence-corrected chi connectivity index (χ2v) is 5.06. The van der Waals surface area contributed by atoms with Gasteiger partial charge in [-0.25, -0.2) is 0 Å². The van der Waals surface area contributed by atoms with Crippen molar-refractivity contribution in [3.63, 3.8) is 0 Å². The lowest BCUT2D eigenvalue weighted by Gasteiger charge is -2.02. The number of halogens is 1. The monoisotopic (exact) mass is 336 g/mol. The van der Waals surface area contributed by atoms with Crippen LogP contribution in [0.3, 0.4) is 0 Å². The minimum Gasteiger partial charge on any atom is -0.319 e. The highest BCUT2D eigenvalue weighted by Gasteiger charge is 2.04. The molecule has 0 amide bonds. The van der Waals surface area contributed by atoms with Crippen LogP contribution in [0, 0.1) is 3.57 Å². The van der Waals surface area contributed by atoms with Gasteiger partial charge in [0.1, 0.15) is 5.52 Å². The number of benzene rings is 1. The molecule has 2 heterocycles. The average Bonchev–Trinajstić information content (AvgIpc) is 2.71. The van der Waals surface area contributed by atoms with Gasteiger partial charge in [0.05, 0.1) is 5.69 Å². The molecular formula is C13H9IN2O. The zero-order chi connectivity index (χ0) is 11.8. The Hall–Kier alpha value is -1.56. The highest BCUT2D eigenvalue weighted by molar-refractivity contribution is 14.1. The van der Waals surface area contributed by atoms with Gasteiger partial charge in [0.2, 0.25) is 0 Å². The summed E-state index contributed by atoms with van der Waals surface area (Å²) in [5.74, 6) is 0. The molecule has 0 aliphatic rings. The van der Waals surface area contributed by atoms with E-state index in [1.54, 1.807) is 0 Å². The molecule has 1 N–H and O–H groups in total. The van der Waals surface area contributed by atoms with Crippen molar-refractivity contribution >= 4 is 28.1 Å². The fourth-order valence-electron chi connectivity index (χ4n) is 1.86. The number of rotatable bonds is 1. The molecular weight excluding hydrogens is 327 g/mol. The lowest BCUT2D eigenvalue weighted by Crippen LogP contribution is -2.09. The summed E-state index contributed by atoms with van der Waals surface area (Å²) in [6.45, 7) is 0. The van der Waals surface area contributed by atoms with E-state index in [1.807, 2.05) is 53.2 Å². The van der Waals surface area contributed by atoms with E-state index < -0.39 is 0 Å². The third-order valence-corrected chi connectivity index (χ3v) is 3.24. The van der Waals surface area contributed by atoms with Crippen molar-refractivity contribution in [2.24, 2.45) is 0 Å². The molecule has 3 rings (SSSR count). The van der Waals surface area contributed by atoms with Gasteiger partial charge in [0, 0.05) is 16.0 Å². The molecule has 0 radical (unpaired) electrons. The summed E-state index contributed by atoms with van der Waals surface area (Å²) >= 11 is 2.20. The normalized spacial score (nSPS) is 10.9. The predicted octanol–water partition coefficient (Wildman–Crippen LogP) is 2.90. The first-order valence-corrected chi connectivity index (χ1v) is 6.28. The maximum atomic E-state index is 11.9. The Bertz CT molecular complexity index is 728. The second kappa shape index (κ2) is 4.03. The third kappa shape index (κ3) is 1.88. The lowest BCUT2D eigenvalue weighted by atomic mass is 10.2. The van der Waals surface area contributed by atoms with Crippen LogP contribution in [-0.4, -0.2) is 9.38 Å². The minimum atomic E-state index is -0.0609. The molecule has 0 fully saturated rings. The summed E-state index contributed by atoms with van der Waals surface area (Å²) in [6.07, 6.45) is 3.88. The van der Waals surface area contributed by atoms with E-state index in [2.05, 4.69) is 27.6 Å². The summed E-state index contributed by atoms with van der Waals surface area (Å²) in [7, 11) is 0. The smallest absolute Gasteiger partial charge is 0.272 e. The van der Waals surface area contributed by atoms with E-state index in [-0.39, 0.29) is 5.56 Å². The van der Waals surface area contributed by atoms with Crippen molar-refractivity contribution in [3.05, 3.63) is 62.7 Å². The maximum absolute atomic E-state index is 11.9. The first kappa shape index (κ1) is 10.6. The van der Waals surface area contributed by atoms with Crippen LogP contribution in [0.4, 0.5) is 0 Å². The highest BCUT2D eigenvalue weighted by atomic mass is 127. The molecule has 1 aromatic carbocycles. The third-order valence-electron chi connectivity index (χ3n) is 2.65. The van der Waals surface area contributed by atoms with Gasteiger partial charge in [-0.3, -0.25) is 4.79 Å². The number of fused-ring (bicyclic) bond motifs is 1. The Kier molecular flexibility index (Phi) is 2.51. The number of hydrogen-bond acceptors (Lipinski definition) is 1. The number of nitrogens with zero attached hydrogens (tertiary/aromatic N) is 1. The minimum absolute atomic E-state index is 0.0609. The van der Waals surface area contributed by atoms with Crippen LogP contribution < -0.4 is 5.56 Å². The molecule has 4 heteroatoms. The van der Waals surface area contributed by atoms with Gasteiger partial charge in [0.25, 0.3) is 5.56 Å². The number of H-pyrrole nitrogens is 1. The van der Waals surface area contributed by atoms with E-state index in [1.165, 1.54) is 0 Å². The van der Waals surface area contributed by atoms with Gasteiger partial charge in [-0.15, -0.1) is 0 Å². The Balaban J connectivity index is 2.29. The van der Waals surface area contributed by atoms with Crippen molar-refractivity contribution in [1.29, 1.82) is 0 Å². The van der Waals surface area contributed by atoms with Crippen LogP contribution in [0.2, 0.25) is 0 Å². The van der Waals surface area contributed by atoms with Gasteiger partial charge in [-0.1, -0.05) is 30.3 Å². The molecule has 2 aromatic heterocycles. The SMILES string of the molecule is O=c1[nH]c(-c2ccccc2)cn2cc(I)cc12. The van der Waals surface area contributed by atoms with Crippen LogP contribution in [-0.2, 0) is 0 Å². The van der Waals surface area contributed by atoms with Crippen LogP contribution in [0.25, 0.3) is 16.8 Å². The largest absolute Gasteiger partial charge is 0.319 e. The molecule has 3 nitrogen and oxygen atoms in total. The molecule has 0 aliphatic heterocycles. The van der Waals surface area contributed by atoms with Crippen molar-refractivity contribution < 1.29 is 0 Å². The lowest BCUT2D eigenvalue weighted by molar-refractivity contribution is 1.11. The van der Waals surface area contributed by atoms with Gasteiger partial charge in [-0.2, -0.15) is 0 Å². The summed E-state index contributed by atoms with van der Waals surface area (Å²) in [5, 5.41) is 0. The summed E-state index contributed by atoms with van der Waals surface area (Å²) in [5.41, 5.74) is 2.45. The molecule has 0 saturated carbocycles. The first-order chi connectivity index (χ1) is 8.24. The molecule has 3 aromatic rings. The molecule has 0 saturated heterocycles. The van der Waals surface area contributed by atoms with Gasteiger partial charge in [-0.05, 0) is 34.2 Å². The Labute approximate surface area is 111 Å². The standard InChI is InChI=1S/C13H9IN2O/c14-10-6-12-13(17)15-11(8-16(12)7-10)9-4-2-1-3-5-9/h1-8H,(H,15,17). The molecule has 0 aliphatic carbocycles. The number of aromatic nitrogens is 2. The van der Waals surface area contributed by atoms with Gasteiger partial charge in [0.15, 0.2) is 0 Å². The molecule has 0 atom stereocenters. The Morgan fingerprint density at radius 2 is 1.88 bits per heavy atom. The topological polar surface area (TPSA) is 37.3 Å². The summed E-state index contributed by atoms with van der Waals surface area (Å²) in [6, 6.07) is 11.7. The van der Waals surface area contributed by atoms with E-state index >= 15 is 0 Å². The van der Waals surface area contributed by atoms with Gasteiger partial charge < -0.3 is 9.38 Å². The van der Waals surface area contributed by atoms with Crippen LogP contribution >= 0.6 is 22.6 Å².